The summed E-state index contributed by atoms with van der Waals surface area (Å²) in [5, 5.41) is 0. The Morgan fingerprint density at radius 3 is 2.67 bits per heavy atom. The Bertz CT molecular complexity index is 85.1. The van der Waals surface area contributed by atoms with Gasteiger partial charge in [0.05, 0.1) is 0 Å². The summed E-state index contributed by atoms with van der Waals surface area (Å²) in [6.07, 6.45) is 4.41. The first-order chi connectivity index (χ1) is 4.27. The molecule has 0 atom stereocenters. The molecule has 0 aromatic rings. The van der Waals surface area contributed by atoms with Gasteiger partial charge in [-0.3, -0.25) is 10.5 Å². The average molecular weight is 146 g/mol. The van der Waals surface area contributed by atoms with Crippen molar-refractivity contribution in [2.75, 3.05) is 12.0 Å². The van der Waals surface area contributed by atoms with Crippen LogP contribution in [0.25, 0.3) is 0 Å². The van der Waals surface area contributed by atoms with E-state index in [4.69, 9.17) is 5.73 Å². The van der Waals surface area contributed by atoms with Gasteiger partial charge in [-0.15, -0.1) is 0 Å². The van der Waals surface area contributed by atoms with E-state index in [0.29, 0.717) is 6.42 Å². The Kier molecular flexibility index (Phi) is 5.83. The molecule has 0 fully saturated rings. The number of hydrogen-bond donors (Lipinski definition) is 0. The van der Waals surface area contributed by atoms with Crippen LogP contribution in [0.15, 0.2) is 0 Å². The Hall–Kier alpha value is -0.180. The van der Waals surface area contributed by atoms with Crippen molar-refractivity contribution in [2.45, 2.75) is 19.3 Å². The molecule has 3 heteroatoms. The molecular weight excluding hydrogens is 134 g/mol. The second-order valence-electron chi connectivity index (χ2n) is 1.87. The van der Waals surface area contributed by atoms with E-state index < -0.39 is 5.91 Å². The van der Waals surface area contributed by atoms with E-state index >= 15 is 0 Å². The summed E-state index contributed by atoms with van der Waals surface area (Å²) in [5.74, 6) is 0.670. The van der Waals surface area contributed by atoms with Crippen molar-refractivity contribution in [3.05, 3.63) is 0 Å². The maximum absolute atomic E-state index is 10.1. The molecule has 0 aliphatic carbocycles. The highest BCUT2D eigenvalue weighted by atomic mass is 32.2. The molecule has 1 amide bonds. The van der Waals surface area contributed by atoms with Crippen LogP contribution in [0.3, 0.4) is 0 Å². The first-order valence-electron chi connectivity index (χ1n) is 3.00. The van der Waals surface area contributed by atoms with Gasteiger partial charge in [-0.2, -0.15) is 11.8 Å². The molecule has 53 valence electrons. The maximum atomic E-state index is 10.1. The van der Waals surface area contributed by atoms with Crippen molar-refractivity contribution in [2.24, 2.45) is 0 Å². The van der Waals surface area contributed by atoms with Gasteiger partial charge in [0.15, 0.2) is 0 Å². The van der Waals surface area contributed by atoms with Crippen molar-refractivity contribution in [1.82, 2.24) is 5.73 Å². The minimum Gasteiger partial charge on any atom is -0.273 e. The number of carbonyl (C=O) groups excluding carboxylic acids is 1. The quantitative estimate of drug-likeness (QED) is 0.549. The van der Waals surface area contributed by atoms with Crippen LogP contribution in [0, 0.1) is 0 Å². The predicted molar refractivity (Wildman–Crippen MR) is 40.3 cm³/mol. The fourth-order valence-corrected chi connectivity index (χ4v) is 1.02. The minimum absolute atomic E-state index is 0.431. The van der Waals surface area contributed by atoms with Crippen molar-refractivity contribution in [3.8, 4) is 0 Å². The lowest BCUT2D eigenvalue weighted by Crippen LogP contribution is -1.96. The third kappa shape index (κ3) is 7.82. The average Bonchev–Trinajstić information content (AvgIpc) is 1.80. The zero-order valence-corrected chi connectivity index (χ0v) is 6.46. The number of hydrogen-bond acceptors (Lipinski definition) is 2. The summed E-state index contributed by atoms with van der Waals surface area (Å²) in [7, 11) is 0. The van der Waals surface area contributed by atoms with E-state index in [1.54, 1.807) is 11.8 Å². The summed E-state index contributed by atoms with van der Waals surface area (Å²) in [6.45, 7) is 0. The number of carbonyl (C=O) groups is 1. The molecule has 0 saturated heterocycles. The van der Waals surface area contributed by atoms with Gasteiger partial charge in [0.1, 0.15) is 0 Å². The first kappa shape index (κ1) is 8.82. The van der Waals surface area contributed by atoms with Gasteiger partial charge in [0.25, 0.3) is 0 Å². The fourth-order valence-electron chi connectivity index (χ4n) is 0.532. The lowest BCUT2D eigenvalue weighted by Gasteiger charge is -1.92. The number of unbranched alkanes of at least 4 members (excludes halogenated alkanes) is 1. The molecule has 9 heavy (non-hydrogen) atoms. The smallest absolute Gasteiger partial charge is 0.238 e. The molecule has 0 unspecified atom stereocenters. The standard InChI is InChI=1S/C6H12NOS/c1-9-5-3-2-4-6(7)8/h7H,2-5H2,1H3. The van der Waals surface area contributed by atoms with Gasteiger partial charge in [-0.1, -0.05) is 0 Å². The van der Waals surface area contributed by atoms with Gasteiger partial charge in [-0.05, 0) is 24.9 Å². The van der Waals surface area contributed by atoms with E-state index in [-0.39, 0.29) is 0 Å². The summed E-state index contributed by atoms with van der Waals surface area (Å²) >= 11 is 1.78. The van der Waals surface area contributed by atoms with E-state index in [0.717, 1.165) is 18.6 Å². The van der Waals surface area contributed by atoms with Crippen LogP contribution in [-0.4, -0.2) is 17.9 Å². The van der Waals surface area contributed by atoms with Gasteiger partial charge in [0, 0.05) is 6.42 Å². The molecule has 1 radical (unpaired) electrons. The zero-order chi connectivity index (χ0) is 7.11. The molecule has 0 aliphatic rings. The second-order valence-corrected chi connectivity index (χ2v) is 2.86. The topological polar surface area (TPSA) is 40.9 Å². The second kappa shape index (κ2) is 5.95. The van der Waals surface area contributed by atoms with Crippen LogP contribution in [0.2, 0.25) is 0 Å². The molecule has 0 heterocycles. The van der Waals surface area contributed by atoms with Gasteiger partial charge in [0.2, 0.25) is 5.91 Å². The highest BCUT2D eigenvalue weighted by molar-refractivity contribution is 7.98. The number of thioether (sulfide) groups is 1. The molecule has 0 aromatic heterocycles. The third-order valence-electron chi connectivity index (χ3n) is 1.00. The Morgan fingerprint density at radius 2 is 2.22 bits per heavy atom. The molecule has 2 nitrogen and oxygen atoms in total. The molecule has 0 aliphatic heterocycles. The molecule has 0 saturated carbocycles. The van der Waals surface area contributed by atoms with E-state index in [1.165, 1.54) is 0 Å². The largest absolute Gasteiger partial charge is 0.273 e. The van der Waals surface area contributed by atoms with Crippen LogP contribution in [0.1, 0.15) is 19.3 Å². The summed E-state index contributed by atoms with van der Waals surface area (Å²) in [6, 6.07) is 0. The number of rotatable bonds is 5. The first-order valence-corrected chi connectivity index (χ1v) is 4.40. The Morgan fingerprint density at radius 1 is 1.56 bits per heavy atom. The van der Waals surface area contributed by atoms with Crippen LogP contribution in [0.5, 0.6) is 0 Å². The number of nitrogens with one attached hydrogen (secondary N) is 1. The third-order valence-corrected chi connectivity index (χ3v) is 1.70. The lowest BCUT2D eigenvalue weighted by atomic mass is 10.2. The normalized spacial score (nSPS) is 9.44. The monoisotopic (exact) mass is 146 g/mol. The number of amides is 1. The van der Waals surface area contributed by atoms with Crippen molar-refractivity contribution in [3.63, 3.8) is 0 Å². The molecule has 0 aromatic carbocycles. The highest BCUT2D eigenvalue weighted by Gasteiger charge is 1.93. The molecule has 0 bridgehead atoms. The molecule has 1 N–H and O–H groups in total. The predicted octanol–water partition coefficient (Wildman–Crippen LogP) is 1.33. The summed E-state index contributed by atoms with van der Waals surface area (Å²) in [4.78, 5) is 10.1. The van der Waals surface area contributed by atoms with Crippen LogP contribution >= 0.6 is 11.8 Å². The van der Waals surface area contributed by atoms with E-state index in [9.17, 15) is 4.79 Å². The Balaban J connectivity index is 2.83. The maximum Gasteiger partial charge on any atom is 0.238 e. The van der Waals surface area contributed by atoms with Gasteiger partial charge < -0.3 is 0 Å². The van der Waals surface area contributed by atoms with Crippen molar-refractivity contribution in [1.29, 1.82) is 0 Å². The van der Waals surface area contributed by atoms with Gasteiger partial charge >= 0.3 is 0 Å². The summed E-state index contributed by atoms with van der Waals surface area (Å²) < 4.78 is 0. The Labute approximate surface area is 60.2 Å². The SMILES string of the molecule is CSCCCCC([NH])=O. The van der Waals surface area contributed by atoms with E-state index in [2.05, 4.69) is 0 Å². The highest BCUT2D eigenvalue weighted by Crippen LogP contribution is 2.01. The molecular formula is C6H12NOS. The van der Waals surface area contributed by atoms with E-state index in [1.807, 2.05) is 6.26 Å². The van der Waals surface area contributed by atoms with Crippen LogP contribution < -0.4 is 5.73 Å². The molecule has 0 rings (SSSR count). The minimum atomic E-state index is -0.434. The van der Waals surface area contributed by atoms with Crippen LogP contribution in [0.4, 0.5) is 0 Å². The lowest BCUT2D eigenvalue weighted by molar-refractivity contribution is -0.118. The fraction of sp³-hybridized carbons (Fsp3) is 0.833. The zero-order valence-electron chi connectivity index (χ0n) is 5.64. The molecule has 0 spiro atoms. The van der Waals surface area contributed by atoms with Crippen LogP contribution in [-0.2, 0) is 4.79 Å². The van der Waals surface area contributed by atoms with Crippen molar-refractivity contribution < 1.29 is 4.79 Å². The summed E-state index contributed by atoms with van der Waals surface area (Å²) in [5.41, 5.74) is 6.57. The van der Waals surface area contributed by atoms with Crippen molar-refractivity contribution >= 4 is 17.7 Å². The van der Waals surface area contributed by atoms with Gasteiger partial charge in [-0.25, -0.2) is 0 Å².